The fraction of sp³-hybridized carbons (Fsp3) is 0.192. The summed E-state index contributed by atoms with van der Waals surface area (Å²) in [5.41, 5.74) is 2.20. The predicted molar refractivity (Wildman–Crippen MR) is 122 cm³/mol. The van der Waals surface area contributed by atoms with Crippen LogP contribution in [-0.2, 0) is 16.8 Å². The Morgan fingerprint density at radius 2 is 1.53 bits per heavy atom. The first kappa shape index (κ1) is 21.3. The number of hydrogen-bond donors (Lipinski definition) is 1. The molecule has 4 rings (SSSR count). The zero-order chi connectivity index (χ0) is 22.4. The lowest BCUT2D eigenvalue weighted by molar-refractivity contribution is -0.122. The molecule has 0 unspecified atom stereocenters. The zero-order valence-electron chi connectivity index (χ0n) is 18.1. The maximum atomic E-state index is 12.9. The third-order valence-corrected chi connectivity index (χ3v) is 5.47. The minimum Gasteiger partial charge on any atom is -0.497 e. The highest BCUT2D eigenvalue weighted by molar-refractivity contribution is 5.78. The highest BCUT2D eigenvalue weighted by atomic mass is 16.5. The lowest BCUT2D eigenvalue weighted by Gasteiger charge is -2.32. The number of carbonyl (C=O) groups excluding carboxylic acids is 1. The Balaban J connectivity index is 1.45. The Morgan fingerprint density at radius 3 is 2.09 bits per heavy atom. The number of ether oxygens (including phenoxy) is 1. The van der Waals surface area contributed by atoms with Gasteiger partial charge in [-0.25, -0.2) is 0 Å². The van der Waals surface area contributed by atoms with Crippen LogP contribution in [0.5, 0.6) is 5.75 Å². The Morgan fingerprint density at radius 1 is 0.938 bits per heavy atom. The molecular weight excluding hydrogens is 402 g/mol. The largest absolute Gasteiger partial charge is 0.497 e. The second kappa shape index (κ2) is 9.47. The summed E-state index contributed by atoms with van der Waals surface area (Å²) in [6.07, 6.45) is 0.591. The summed E-state index contributed by atoms with van der Waals surface area (Å²) in [5, 5.41) is 7.24. The van der Waals surface area contributed by atoms with Gasteiger partial charge < -0.3 is 14.6 Å². The van der Waals surface area contributed by atoms with E-state index in [2.05, 4.69) is 15.5 Å². The molecule has 1 aromatic heterocycles. The molecular formula is C26H25N3O3. The topological polar surface area (TPSA) is 77.2 Å². The quantitative estimate of drug-likeness (QED) is 0.439. The van der Waals surface area contributed by atoms with Gasteiger partial charge in [-0.2, -0.15) is 4.98 Å². The van der Waals surface area contributed by atoms with Crippen molar-refractivity contribution in [1.29, 1.82) is 0 Å². The molecule has 0 aliphatic heterocycles. The van der Waals surface area contributed by atoms with Crippen LogP contribution in [0.15, 0.2) is 89.5 Å². The number of nitrogens with one attached hydrogen (secondary N) is 1. The molecule has 0 radical (unpaired) electrons. The summed E-state index contributed by atoms with van der Waals surface area (Å²) in [6, 6.07) is 27.3. The van der Waals surface area contributed by atoms with E-state index in [4.69, 9.17) is 9.26 Å². The van der Waals surface area contributed by atoms with E-state index in [0.29, 0.717) is 18.1 Å². The van der Waals surface area contributed by atoms with Crippen LogP contribution in [0, 0.1) is 0 Å². The van der Waals surface area contributed by atoms with Crippen molar-refractivity contribution in [3.05, 3.63) is 102 Å². The van der Waals surface area contributed by atoms with Crippen molar-refractivity contribution in [3.63, 3.8) is 0 Å². The molecule has 0 aliphatic rings. The normalized spacial score (nSPS) is 11.2. The maximum Gasteiger partial charge on any atom is 0.227 e. The molecule has 3 aromatic carbocycles. The molecule has 0 saturated heterocycles. The van der Waals surface area contributed by atoms with Gasteiger partial charge in [0.15, 0.2) is 0 Å². The van der Waals surface area contributed by atoms with E-state index in [1.807, 2.05) is 91.9 Å². The highest BCUT2D eigenvalue weighted by Gasteiger charge is 2.30. The molecule has 0 aliphatic carbocycles. The van der Waals surface area contributed by atoms with E-state index >= 15 is 0 Å². The molecule has 0 bridgehead atoms. The van der Waals surface area contributed by atoms with Gasteiger partial charge in [-0.1, -0.05) is 65.8 Å². The highest BCUT2D eigenvalue weighted by Crippen LogP contribution is 2.29. The average Bonchev–Trinajstić information content (AvgIpc) is 3.33. The van der Waals surface area contributed by atoms with E-state index in [9.17, 15) is 4.79 Å². The van der Waals surface area contributed by atoms with Crippen LogP contribution in [0.2, 0.25) is 0 Å². The SMILES string of the molecule is COc1ccc(-c2noc(CCC(=O)NC(C)(c3ccccc3)c3ccccc3)n2)cc1. The first-order valence-electron chi connectivity index (χ1n) is 10.5. The third kappa shape index (κ3) is 4.70. The van der Waals surface area contributed by atoms with Gasteiger partial charge in [0, 0.05) is 18.4 Å². The Hall–Kier alpha value is -3.93. The van der Waals surface area contributed by atoms with Crippen molar-refractivity contribution in [2.45, 2.75) is 25.3 Å². The molecule has 1 heterocycles. The van der Waals surface area contributed by atoms with Gasteiger partial charge in [-0.3, -0.25) is 4.79 Å². The lowest BCUT2D eigenvalue weighted by atomic mass is 9.84. The molecule has 1 N–H and O–H groups in total. The van der Waals surface area contributed by atoms with E-state index in [1.54, 1.807) is 7.11 Å². The van der Waals surface area contributed by atoms with Gasteiger partial charge in [0.1, 0.15) is 5.75 Å². The third-order valence-electron chi connectivity index (χ3n) is 5.47. The van der Waals surface area contributed by atoms with Crippen LogP contribution in [0.4, 0.5) is 0 Å². The summed E-state index contributed by atoms with van der Waals surface area (Å²) in [6.45, 7) is 2.02. The lowest BCUT2D eigenvalue weighted by Crippen LogP contribution is -2.44. The predicted octanol–water partition coefficient (Wildman–Crippen LogP) is 4.76. The standard InChI is InChI=1S/C26H25N3O3/c1-26(20-9-5-3-6-10-20,21-11-7-4-8-12-21)28-23(30)17-18-24-27-25(29-32-24)19-13-15-22(31-2)16-14-19/h3-16H,17-18H2,1-2H3,(H,28,30). The second-order valence-corrected chi connectivity index (χ2v) is 7.65. The summed E-state index contributed by atoms with van der Waals surface area (Å²) in [7, 11) is 1.62. The van der Waals surface area contributed by atoms with Crippen molar-refractivity contribution in [1.82, 2.24) is 15.5 Å². The average molecular weight is 428 g/mol. The van der Waals surface area contributed by atoms with Crippen molar-refractivity contribution >= 4 is 5.91 Å². The van der Waals surface area contributed by atoms with Crippen molar-refractivity contribution in [2.24, 2.45) is 0 Å². The first-order chi connectivity index (χ1) is 15.6. The van der Waals surface area contributed by atoms with Gasteiger partial charge in [-0.15, -0.1) is 0 Å². The number of methoxy groups -OCH3 is 1. The molecule has 1 amide bonds. The van der Waals surface area contributed by atoms with Gasteiger partial charge in [0.05, 0.1) is 12.6 Å². The monoisotopic (exact) mass is 427 g/mol. The molecule has 0 atom stereocenters. The maximum absolute atomic E-state index is 12.9. The molecule has 0 fully saturated rings. The fourth-order valence-electron chi connectivity index (χ4n) is 3.63. The molecule has 6 nitrogen and oxygen atoms in total. The van der Waals surface area contributed by atoms with E-state index in [-0.39, 0.29) is 12.3 Å². The number of aryl methyl sites for hydroxylation is 1. The van der Waals surface area contributed by atoms with Crippen LogP contribution in [0.1, 0.15) is 30.4 Å². The van der Waals surface area contributed by atoms with E-state index in [1.165, 1.54) is 0 Å². The van der Waals surface area contributed by atoms with Crippen LogP contribution >= 0.6 is 0 Å². The summed E-state index contributed by atoms with van der Waals surface area (Å²) in [5.74, 6) is 1.58. The Bertz CT molecular complexity index is 1120. The zero-order valence-corrected chi connectivity index (χ0v) is 18.1. The second-order valence-electron chi connectivity index (χ2n) is 7.65. The number of aromatic nitrogens is 2. The van der Waals surface area contributed by atoms with Crippen molar-refractivity contribution < 1.29 is 14.1 Å². The van der Waals surface area contributed by atoms with E-state index in [0.717, 1.165) is 22.4 Å². The molecule has 4 aromatic rings. The number of nitrogens with zero attached hydrogens (tertiary/aromatic N) is 2. The van der Waals surface area contributed by atoms with Gasteiger partial charge in [0.2, 0.25) is 17.6 Å². The van der Waals surface area contributed by atoms with Gasteiger partial charge in [-0.05, 0) is 42.3 Å². The fourth-order valence-corrected chi connectivity index (χ4v) is 3.63. The van der Waals surface area contributed by atoms with Crippen LogP contribution in [0.3, 0.4) is 0 Å². The number of carbonyl (C=O) groups is 1. The van der Waals surface area contributed by atoms with Crippen LogP contribution in [0.25, 0.3) is 11.4 Å². The van der Waals surface area contributed by atoms with Crippen LogP contribution in [-0.4, -0.2) is 23.2 Å². The Kier molecular flexibility index (Phi) is 6.31. The minimum atomic E-state index is -0.650. The van der Waals surface area contributed by atoms with Crippen molar-refractivity contribution in [2.75, 3.05) is 7.11 Å². The smallest absolute Gasteiger partial charge is 0.227 e. The minimum absolute atomic E-state index is 0.0931. The van der Waals surface area contributed by atoms with Crippen molar-refractivity contribution in [3.8, 4) is 17.1 Å². The molecule has 0 spiro atoms. The summed E-state index contributed by atoms with van der Waals surface area (Å²) < 4.78 is 10.5. The van der Waals surface area contributed by atoms with E-state index < -0.39 is 5.54 Å². The molecule has 32 heavy (non-hydrogen) atoms. The molecule has 6 heteroatoms. The number of benzene rings is 3. The van der Waals surface area contributed by atoms with Crippen LogP contribution < -0.4 is 10.1 Å². The van der Waals surface area contributed by atoms with Gasteiger partial charge in [0.25, 0.3) is 0 Å². The summed E-state index contributed by atoms with van der Waals surface area (Å²) in [4.78, 5) is 17.3. The summed E-state index contributed by atoms with van der Waals surface area (Å²) >= 11 is 0. The molecule has 0 saturated carbocycles. The molecule has 162 valence electrons. The first-order valence-corrected chi connectivity index (χ1v) is 10.5. The number of amides is 1. The number of hydrogen-bond acceptors (Lipinski definition) is 5. The van der Waals surface area contributed by atoms with Gasteiger partial charge >= 0.3 is 0 Å². The Labute approximate surface area is 187 Å². The number of rotatable bonds is 8.